The van der Waals surface area contributed by atoms with E-state index in [1.165, 1.54) is 37.9 Å². The van der Waals surface area contributed by atoms with Crippen LogP contribution in [0.15, 0.2) is 54.6 Å². The summed E-state index contributed by atoms with van der Waals surface area (Å²) in [5, 5.41) is 18.2. The van der Waals surface area contributed by atoms with Crippen LogP contribution in [0.25, 0.3) is 32.3 Å². The summed E-state index contributed by atoms with van der Waals surface area (Å²) >= 11 is 0. The Balaban J connectivity index is 1.34. The zero-order valence-corrected chi connectivity index (χ0v) is 16.7. The zero-order valence-electron chi connectivity index (χ0n) is 16.7. The highest BCUT2D eigenvalue weighted by Gasteiger charge is 2.10. The average Bonchev–Trinajstić information content (AvgIpc) is 2.75. The van der Waals surface area contributed by atoms with Crippen LogP contribution in [0.1, 0.15) is 31.2 Å². The molecular weight excluding hydrogens is 378 g/mol. The fraction of sp³-hybridized carbons (Fsp3) is 0.280. The van der Waals surface area contributed by atoms with E-state index in [0.29, 0.717) is 6.61 Å². The predicted octanol–water partition coefficient (Wildman–Crippen LogP) is 3.31. The van der Waals surface area contributed by atoms with Crippen molar-refractivity contribution in [3.63, 3.8) is 0 Å². The first kappa shape index (κ1) is 20.1. The quantitative estimate of drug-likeness (QED) is 0.263. The number of benzene rings is 4. The third kappa shape index (κ3) is 4.21. The zero-order chi connectivity index (χ0) is 21.1. The molecule has 5 nitrogen and oxygen atoms in total. The van der Waals surface area contributed by atoms with E-state index in [4.69, 9.17) is 10.5 Å². The molecule has 30 heavy (non-hydrogen) atoms. The summed E-state index contributed by atoms with van der Waals surface area (Å²) in [6, 6.07) is 18.5. The van der Waals surface area contributed by atoms with Gasteiger partial charge in [-0.15, -0.1) is 0 Å². The van der Waals surface area contributed by atoms with Crippen molar-refractivity contribution in [2.24, 2.45) is 5.73 Å². The summed E-state index contributed by atoms with van der Waals surface area (Å²) in [5.74, 6) is -1.77. The fourth-order valence-electron chi connectivity index (χ4n) is 4.04. The lowest BCUT2D eigenvalue weighted by Crippen LogP contribution is -2.42. The topological polar surface area (TPSA) is 92.5 Å². The molecular formula is C25H24NO4-. The van der Waals surface area contributed by atoms with Gasteiger partial charge in [0.1, 0.15) is 0 Å². The molecule has 0 fully saturated rings. The summed E-state index contributed by atoms with van der Waals surface area (Å²) in [5.41, 5.74) is 6.60. The summed E-state index contributed by atoms with van der Waals surface area (Å²) in [6.45, 7) is 0.327. The highest BCUT2D eigenvalue weighted by Crippen LogP contribution is 2.35. The summed E-state index contributed by atoms with van der Waals surface area (Å²) < 4.78 is 5.16. The van der Waals surface area contributed by atoms with Crippen LogP contribution in [-0.4, -0.2) is 24.6 Å². The van der Waals surface area contributed by atoms with Crippen molar-refractivity contribution in [1.82, 2.24) is 0 Å². The van der Waals surface area contributed by atoms with Gasteiger partial charge in [-0.3, -0.25) is 4.79 Å². The number of hydrogen-bond donors (Lipinski definition) is 1. The standard InChI is InChI=1S/C25H25NO4/c26-21(25(28)29)11-12-22(27)30-13-2-1-4-16-14-19-9-7-17-5-3-6-18-8-10-20(15-16)24(19)23(17)18/h3,5-10,14-15,21H,1-2,4,11-13,26H2,(H,28,29)/p-1/t21-/m0/s1. The Morgan fingerprint density at radius 2 is 1.50 bits per heavy atom. The van der Waals surface area contributed by atoms with Crippen LogP contribution in [0.3, 0.4) is 0 Å². The van der Waals surface area contributed by atoms with Crippen LogP contribution in [0.5, 0.6) is 0 Å². The number of aryl methyl sites for hydroxylation is 1. The smallest absolute Gasteiger partial charge is 0.305 e. The molecule has 1 atom stereocenters. The summed E-state index contributed by atoms with van der Waals surface area (Å²) in [4.78, 5) is 22.2. The normalized spacial score (nSPS) is 12.6. The second kappa shape index (κ2) is 8.67. The Kier molecular flexibility index (Phi) is 5.81. The Bertz CT molecular complexity index is 1140. The summed E-state index contributed by atoms with van der Waals surface area (Å²) in [7, 11) is 0. The number of carboxylic acid groups (broad SMARTS) is 1. The molecule has 154 valence electrons. The summed E-state index contributed by atoms with van der Waals surface area (Å²) in [6.07, 6.45) is 2.59. The number of unbranched alkanes of at least 4 members (excludes halogenated alkanes) is 1. The van der Waals surface area contributed by atoms with Crippen LogP contribution in [0, 0.1) is 0 Å². The van der Waals surface area contributed by atoms with Gasteiger partial charge in [0.2, 0.25) is 0 Å². The maximum atomic E-state index is 11.6. The van der Waals surface area contributed by atoms with E-state index in [1.807, 2.05) is 0 Å². The van der Waals surface area contributed by atoms with Gasteiger partial charge in [-0.1, -0.05) is 54.6 Å². The van der Waals surface area contributed by atoms with Gasteiger partial charge in [-0.2, -0.15) is 0 Å². The molecule has 4 aromatic rings. The molecule has 4 aromatic carbocycles. The van der Waals surface area contributed by atoms with Crippen molar-refractivity contribution in [2.45, 2.75) is 38.1 Å². The lowest BCUT2D eigenvalue weighted by atomic mass is 9.92. The van der Waals surface area contributed by atoms with E-state index in [1.54, 1.807) is 0 Å². The molecule has 2 N–H and O–H groups in total. The van der Waals surface area contributed by atoms with Crippen molar-refractivity contribution in [2.75, 3.05) is 6.61 Å². The number of rotatable bonds is 9. The van der Waals surface area contributed by atoms with Gasteiger partial charge in [-0.25, -0.2) is 0 Å². The SMILES string of the molecule is N[C@@H](CCC(=O)OCCCCc1cc2ccc3cccc4ccc(c1)c2c34)C(=O)[O-]. The van der Waals surface area contributed by atoms with E-state index in [-0.39, 0.29) is 12.8 Å². The van der Waals surface area contributed by atoms with Crippen LogP contribution in [0.2, 0.25) is 0 Å². The molecule has 0 unspecified atom stereocenters. The minimum atomic E-state index is -1.35. The van der Waals surface area contributed by atoms with Crippen LogP contribution in [-0.2, 0) is 20.7 Å². The molecule has 0 aliphatic rings. The highest BCUT2D eigenvalue weighted by atomic mass is 16.5. The molecule has 0 spiro atoms. The minimum Gasteiger partial charge on any atom is -0.548 e. The molecule has 0 aromatic heterocycles. The Hall–Kier alpha value is -3.18. The van der Waals surface area contributed by atoms with Crippen molar-refractivity contribution in [3.05, 3.63) is 60.2 Å². The van der Waals surface area contributed by atoms with Crippen LogP contribution < -0.4 is 10.8 Å². The molecule has 0 heterocycles. The minimum absolute atomic E-state index is 0.00847. The van der Waals surface area contributed by atoms with Gasteiger partial charge in [0.15, 0.2) is 0 Å². The van der Waals surface area contributed by atoms with Gasteiger partial charge >= 0.3 is 5.97 Å². The van der Waals surface area contributed by atoms with Gasteiger partial charge in [0, 0.05) is 12.5 Å². The first-order chi connectivity index (χ1) is 14.5. The Morgan fingerprint density at radius 3 is 2.13 bits per heavy atom. The lowest BCUT2D eigenvalue weighted by molar-refractivity contribution is -0.307. The molecule has 0 saturated carbocycles. The first-order valence-electron chi connectivity index (χ1n) is 10.3. The van der Waals surface area contributed by atoms with Crippen molar-refractivity contribution >= 4 is 44.3 Å². The maximum Gasteiger partial charge on any atom is 0.305 e. The molecule has 5 heteroatoms. The van der Waals surface area contributed by atoms with E-state index < -0.39 is 18.0 Å². The number of carbonyl (C=O) groups is 2. The van der Waals surface area contributed by atoms with E-state index in [0.717, 1.165) is 19.3 Å². The number of esters is 1. The van der Waals surface area contributed by atoms with Gasteiger partial charge in [0.05, 0.1) is 12.6 Å². The third-order valence-electron chi connectivity index (χ3n) is 5.61. The predicted molar refractivity (Wildman–Crippen MR) is 116 cm³/mol. The van der Waals surface area contributed by atoms with Crippen molar-refractivity contribution < 1.29 is 19.4 Å². The fourth-order valence-corrected chi connectivity index (χ4v) is 4.04. The number of nitrogens with two attached hydrogens (primary N) is 1. The molecule has 0 amide bonds. The second-order valence-corrected chi connectivity index (χ2v) is 7.77. The van der Waals surface area contributed by atoms with E-state index in [9.17, 15) is 14.7 Å². The molecule has 0 bridgehead atoms. The van der Waals surface area contributed by atoms with E-state index in [2.05, 4.69) is 54.6 Å². The first-order valence-corrected chi connectivity index (χ1v) is 10.3. The van der Waals surface area contributed by atoms with Gasteiger partial charge in [0.25, 0.3) is 0 Å². The molecule has 4 rings (SSSR count). The van der Waals surface area contributed by atoms with Crippen molar-refractivity contribution in [1.29, 1.82) is 0 Å². The van der Waals surface area contributed by atoms with Gasteiger partial charge in [-0.05, 0) is 63.6 Å². The second-order valence-electron chi connectivity index (χ2n) is 7.77. The monoisotopic (exact) mass is 402 g/mol. The number of carboxylic acids is 1. The third-order valence-corrected chi connectivity index (χ3v) is 5.61. The highest BCUT2D eigenvalue weighted by molar-refractivity contribution is 6.23. The molecule has 0 aliphatic heterocycles. The molecule has 0 radical (unpaired) electrons. The average molecular weight is 402 g/mol. The number of carbonyl (C=O) groups excluding carboxylic acids is 2. The number of aliphatic carboxylic acids is 1. The molecule has 0 saturated heterocycles. The molecule has 0 aliphatic carbocycles. The van der Waals surface area contributed by atoms with Crippen LogP contribution in [0.4, 0.5) is 0 Å². The van der Waals surface area contributed by atoms with Crippen molar-refractivity contribution in [3.8, 4) is 0 Å². The number of hydrogen-bond acceptors (Lipinski definition) is 5. The Morgan fingerprint density at radius 1 is 0.900 bits per heavy atom. The Labute approximate surface area is 174 Å². The number of ether oxygens (including phenoxy) is 1. The van der Waals surface area contributed by atoms with Gasteiger partial charge < -0.3 is 20.4 Å². The van der Waals surface area contributed by atoms with Crippen LogP contribution >= 0.6 is 0 Å². The largest absolute Gasteiger partial charge is 0.548 e. The maximum absolute atomic E-state index is 11.6. The van der Waals surface area contributed by atoms with E-state index >= 15 is 0 Å². The lowest BCUT2D eigenvalue weighted by Gasteiger charge is -2.13.